The van der Waals surface area contributed by atoms with Gasteiger partial charge in [-0.05, 0) is 44.6 Å². The number of carboxylic acid groups (broad SMARTS) is 1. The summed E-state index contributed by atoms with van der Waals surface area (Å²) < 4.78 is 5.23. The van der Waals surface area contributed by atoms with E-state index in [4.69, 9.17) is 21.4 Å². The van der Waals surface area contributed by atoms with Crippen LogP contribution in [0, 0.1) is 17.8 Å². The normalized spacial score (nSPS) is 25.9. The number of hydrogen-bond acceptors (Lipinski definition) is 8. The number of carboxylic acids is 1. The van der Waals surface area contributed by atoms with Crippen LogP contribution in [0.4, 0.5) is 0 Å². The molecule has 0 aromatic rings. The largest absolute Gasteiger partial charge is 0.481 e. The molecule has 0 aromatic carbocycles. The molecule has 0 radical (unpaired) electrons. The molecule has 2 saturated carbocycles. The van der Waals surface area contributed by atoms with Crippen LogP contribution in [0.3, 0.4) is 0 Å². The highest BCUT2D eigenvalue weighted by molar-refractivity contribution is 6.30. The lowest BCUT2D eigenvalue weighted by Gasteiger charge is -2.30. The van der Waals surface area contributed by atoms with E-state index in [1.165, 1.54) is 44.3 Å². The van der Waals surface area contributed by atoms with E-state index in [0.717, 1.165) is 5.57 Å². The number of aliphatic hydroxyl groups excluding tert-OH is 5. The first-order chi connectivity index (χ1) is 21.9. The number of halogens is 1. The summed E-state index contributed by atoms with van der Waals surface area (Å²) >= 11 is 6.34. The predicted molar refractivity (Wildman–Crippen MR) is 179 cm³/mol. The molecule has 10 heteroatoms. The van der Waals surface area contributed by atoms with E-state index < -0.39 is 60.4 Å². The van der Waals surface area contributed by atoms with Gasteiger partial charge in [-0.15, -0.1) is 0 Å². The van der Waals surface area contributed by atoms with E-state index in [0.29, 0.717) is 12.3 Å². The van der Waals surface area contributed by atoms with Gasteiger partial charge in [0.05, 0.1) is 30.3 Å². The SMILES string of the molecule is CC(/C=C/C=C/C(=O)OC1CC(C(=O)O)CCC1O)=C\C=C\C=C(/Cl)C(C)C(O)C(O)C(O)CC(O)/C=C/C=C/C1CCCCC1. The third-order valence-corrected chi connectivity index (χ3v) is 8.92. The number of allylic oxidation sites excluding steroid dienone is 11. The molecular weight excluding hydrogens is 612 g/mol. The van der Waals surface area contributed by atoms with Crippen molar-refractivity contribution >= 4 is 23.5 Å². The van der Waals surface area contributed by atoms with Gasteiger partial charge in [0.15, 0.2) is 0 Å². The summed E-state index contributed by atoms with van der Waals surface area (Å²) in [6.45, 7) is 3.46. The summed E-state index contributed by atoms with van der Waals surface area (Å²) in [6, 6.07) is 0. The van der Waals surface area contributed by atoms with E-state index in [1.54, 1.807) is 55.5 Å². The van der Waals surface area contributed by atoms with Gasteiger partial charge in [-0.1, -0.05) is 104 Å². The summed E-state index contributed by atoms with van der Waals surface area (Å²) in [5.41, 5.74) is 0.842. The minimum absolute atomic E-state index is 0.0826. The number of carbonyl (C=O) groups is 2. The highest BCUT2D eigenvalue weighted by atomic mass is 35.5. The molecule has 9 nitrogen and oxygen atoms in total. The molecule has 6 N–H and O–H groups in total. The number of rotatable bonds is 16. The molecular formula is C36H51ClO9. The van der Waals surface area contributed by atoms with Gasteiger partial charge in [0.1, 0.15) is 12.2 Å². The van der Waals surface area contributed by atoms with Crippen LogP contribution in [-0.4, -0.2) is 79.2 Å². The van der Waals surface area contributed by atoms with E-state index in [-0.39, 0.29) is 24.3 Å². The third-order valence-electron chi connectivity index (χ3n) is 8.45. The van der Waals surface area contributed by atoms with Crippen molar-refractivity contribution in [2.45, 2.75) is 108 Å². The number of carbonyl (C=O) groups excluding carboxylic acids is 1. The van der Waals surface area contributed by atoms with E-state index in [9.17, 15) is 35.1 Å². The number of hydrogen-bond donors (Lipinski definition) is 6. The molecule has 2 rings (SSSR count). The summed E-state index contributed by atoms with van der Waals surface area (Å²) in [6.07, 6.45) is 19.9. The molecule has 46 heavy (non-hydrogen) atoms. The zero-order valence-corrected chi connectivity index (χ0v) is 27.5. The minimum Gasteiger partial charge on any atom is -0.481 e. The lowest BCUT2D eigenvalue weighted by atomic mass is 9.85. The van der Waals surface area contributed by atoms with E-state index in [1.807, 2.05) is 13.0 Å². The van der Waals surface area contributed by atoms with E-state index >= 15 is 0 Å². The average molecular weight is 663 g/mol. The third kappa shape index (κ3) is 14.8. The van der Waals surface area contributed by atoms with Crippen LogP contribution in [0.2, 0.25) is 0 Å². The van der Waals surface area contributed by atoms with Crippen LogP contribution in [0.25, 0.3) is 0 Å². The van der Waals surface area contributed by atoms with Gasteiger partial charge in [-0.3, -0.25) is 4.79 Å². The molecule has 0 spiro atoms. The van der Waals surface area contributed by atoms with Gasteiger partial charge >= 0.3 is 11.9 Å². The maximum atomic E-state index is 12.1. The fraction of sp³-hybridized carbons (Fsp3) is 0.556. The van der Waals surface area contributed by atoms with Gasteiger partial charge in [0.2, 0.25) is 0 Å². The number of ether oxygens (including phenoxy) is 1. The minimum atomic E-state index is -1.51. The number of aliphatic hydroxyl groups is 5. The van der Waals surface area contributed by atoms with Crippen LogP contribution in [0.1, 0.15) is 71.6 Å². The van der Waals surface area contributed by atoms with Crippen molar-refractivity contribution in [3.8, 4) is 0 Å². The smallest absolute Gasteiger partial charge is 0.331 e. The molecule has 2 aliphatic rings. The Morgan fingerprint density at radius 1 is 0.870 bits per heavy atom. The van der Waals surface area contributed by atoms with Crippen LogP contribution in [0.5, 0.6) is 0 Å². The van der Waals surface area contributed by atoms with Crippen LogP contribution in [-0.2, 0) is 14.3 Å². The summed E-state index contributed by atoms with van der Waals surface area (Å²) in [5, 5.41) is 61.1. The van der Waals surface area contributed by atoms with Crippen molar-refractivity contribution in [3.05, 3.63) is 83.5 Å². The van der Waals surface area contributed by atoms with Crippen LogP contribution >= 0.6 is 11.6 Å². The van der Waals surface area contributed by atoms with Crippen molar-refractivity contribution in [1.29, 1.82) is 0 Å². The molecule has 8 atom stereocenters. The van der Waals surface area contributed by atoms with Crippen molar-refractivity contribution in [2.24, 2.45) is 17.8 Å². The second kappa shape index (κ2) is 21.2. The highest BCUT2D eigenvalue weighted by Gasteiger charge is 2.35. The molecule has 0 bridgehead atoms. The summed E-state index contributed by atoms with van der Waals surface area (Å²) in [4.78, 5) is 23.3. The quantitative estimate of drug-likeness (QED) is 0.0754. The number of esters is 1. The molecule has 0 aromatic heterocycles. The zero-order valence-electron chi connectivity index (χ0n) is 26.8. The van der Waals surface area contributed by atoms with Gasteiger partial charge < -0.3 is 35.4 Å². The molecule has 0 aliphatic heterocycles. The Balaban J connectivity index is 1.77. The van der Waals surface area contributed by atoms with E-state index in [2.05, 4.69) is 6.08 Å². The molecule has 2 aliphatic carbocycles. The first kappa shape index (κ1) is 39.4. The Hall–Kier alpha value is -2.79. The lowest BCUT2D eigenvalue weighted by Crippen LogP contribution is -2.42. The van der Waals surface area contributed by atoms with Gasteiger partial charge in [0, 0.05) is 29.9 Å². The second-order valence-corrected chi connectivity index (χ2v) is 12.7. The number of aliphatic carboxylic acids is 1. The standard InChI is InChI=1S/C36H51ClO9/c1-24(13-7-11-19-33(41)46-32-22-27(36(44)45)20-21-30(32)39)12-6-10-18-29(37)25(2)34(42)35(43)31(40)23-28(38)17-9-8-16-26-14-4-3-5-15-26/h6-13,16-19,25-28,30-32,34-35,38-40,42-43H,3-5,14-15,20-23H2,1-2H3,(H,44,45)/b10-6+,13-7+,16-8+,17-9+,19-11+,24-12+,29-18-. The van der Waals surface area contributed by atoms with Crippen LogP contribution < -0.4 is 0 Å². The maximum Gasteiger partial charge on any atom is 0.331 e. The fourth-order valence-corrected chi connectivity index (χ4v) is 5.65. The Morgan fingerprint density at radius 3 is 2.24 bits per heavy atom. The monoisotopic (exact) mass is 662 g/mol. The zero-order chi connectivity index (χ0) is 34.1. The lowest BCUT2D eigenvalue weighted by molar-refractivity contribution is -0.159. The summed E-state index contributed by atoms with van der Waals surface area (Å²) in [7, 11) is 0. The van der Waals surface area contributed by atoms with Crippen LogP contribution in [0.15, 0.2) is 83.5 Å². The molecule has 0 heterocycles. The predicted octanol–water partition coefficient (Wildman–Crippen LogP) is 5.04. The Kier molecular flexibility index (Phi) is 18.1. The Labute approximate surface area is 277 Å². The average Bonchev–Trinajstić information content (AvgIpc) is 3.03. The molecule has 8 unspecified atom stereocenters. The first-order valence-electron chi connectivity index (χ1n) is 16.1. The van der Waals surface area contributed by atoms with Crippen molar-refractivity contribution in [3.63, 3.8) is 0 Å². The van der Waals surface area contributed by atoms with Gasteiger partial charge in [-0.25, -0.2) is 4.79 Å². The Bertz CT molecular complexity index is 1160. The topological polar surface area (TPSA) is 165 Å². The first-order valence-corrected chi connectivity index (χ1v) is 16.5. The highest BCUT2D eigenvalue weighted by Crippen LogP contribution is 2.28. The second-order valence-electron chi connectivity index (χ2n) is 12.3. The Morgan fingerprint density at radius 2 is 1.54 bits per heavy atom. The fourth-order valence-electron chi connectivity index (χ4n) is 5.45. The summed E-state index contributed by atoms with van der Waals surface area (Å²) in [5.74, 6) is -2.38. The van der Waals surface area contributed by atoms with Crippen molar-refractivity contribution in [1.82, 2.24) is 0 Å². The molecule has 2 fully saturated rings. The van der Waals surface area contributed by atoms with Gasteiger partial charge in [0.25, 0.3) is 0 Å². The molecule has 0 saturated heterocycles. The van der Waals surface area contributed by atoms with Gasteiger partial charge in [-0.2, -0.15) is 0 Å². The molecule has 0 amide bonds. The maximum absolute atomic E-state index is 12.1. The molecule has 256 valence electrons. The van der Waals surface area contributed by atoms with Crippen molar-refractivity contribution in [2.75, 3.05) is 0 Å². The van der Waals surface area contributed by atoms with Crippen molar-refractivity contribution < 1.29 is 45.0 Å².